The summed E-state index contributed by atoms with van der Waals surface area (Å²) in [5.74, 6) is 0.552. The van der Waals surface area contributed by atoms with Gasteiger partial charge < -0.3 is 16.0 Å². The van der Waals surface area contributed by atoms with Crippen LogP contribution >= 0.6 is 0 Å². The average molecular weight is 376 g/mol. The van der Waals surface area contributed by atoms with Crippen molar-refractivity contribution in [3.05, 3.63) is 43.0 Å². The van der Waals surface area contributed by atoms with E-state index in [4.69, 9.17) is 10.8 Å². The molecule has 0 bridgehead atoms. The third-order valence-electron chi connectivity index (χ3n) is 4.43. The molecule has 4 rings (SSSR count). The lowest BCUT2D eigenvalue weighted by Crippen LogP contribution is -2.22. The zero-order valence-corrected chi connectivity index (χ0v) is 16.3. The van der Waals surface area contributed by atoms with E-state index >= 15 is 0 Å². The Kier molecular flexibility index (Phi) is 4.56. The van der Waals surface area contributed by atoms with Crippen molar-refractivity contribution in [1.29, 1.82) is 0 Å². The van der Waals surface area contributed by atoms with Gasteiger partial charge in [-0.1, -0.05) is 0 Å². The van der Waals surface area contributed by atoms with Gasteiger partial charge in [-0.15, -0.1) is 0 Å². The maximum absolute atomic E-state index is 5.57. The molecule has 0 atom stereocenters. The van der Waals surface area contributed by atoms with E-state index in [0.717, 1.165) is 33.5 Å². The van der Waals surface area contributed by atoms with Crippen LogP contribution in [-0.2, 0) is 5.54 Å². The third-order valence-corrected chi connectivity index (χ3v) is 4.43. The highest BCUT2D eigenvalue weighted by molar-refractivity contribution is 5.85. The highest BCUT2D eigenvalue weighted by Gasteiger charge is 2.21. The summed E-state index contributed by atoms with van der Waals surface area (Å²) in [6.07, 6.45) is 7.50. The number of hydrogen-bond acceptors (Lipinski definition) is 6. The molecule has 0 fully saturated rings. The van der Waals surface area contributed by atoms with Crippen molar-refractivity contribution in [1.82, 2.24) is 29.7 Å². The van der Waals surface area contributed by atoms with Crippen molar-refractivity contribution >= 4 is 17.0 Å². The predicted molar refractivity (Wildman–Crippen MR) is 111 cm³/mol. The Morgan fingerprint density at radius 1 is 1.21 bits per heavy atom. The largest absolute Gasteiger partial charge is 0.353 e. The average Bonchev–Trinajstić information content (AvgIpc) is 3.32. The van der Waals surface area contributed by atoms with Gasteiger partial charge in [-0.2, -0.15) is 5.10 Å². The molecule has 0 radical (unpaired) electrons. The zero-order chi connectivity index (χ0) is 19.7. The number of fused-ring (bicyclic) bond motifs is 1. The molecule has 0 aliphatic carbocycles. The van der Waals surface area contributed by atoms with Crippen LogP contribution in [0.2, 0.25) is 0 Å². The molecule has 4 heterocycles. The molecule has 0 aromatic carbocycles. The van der Waals surface area contributed by atoms with Crippen molar-refractivity contribution in [2.24, 2.45) is 5.73 Å². The maximum Gasteiger partial charge on any atom is 0.223 e. The third kappa shape index (κ3) is 3.46. The number of nitrogens with two attached hydrogens (primary N) is 1. The fourth-order valence-electron chi connectivity index (χ4n) is 2.97. The van der Waals surface area contributed by atoms with E-state index in [-0.39, 0.29) is 5.54 Å². The van der Waals surface area contributed by atoms with Gasteiger partial charge in [-0.3, -0.25) is 4.68 Å². The molecule has 4 aromatic rings. The van der Waals surface area contributed by atoms with Crippen LogP contribution in [0.15, 0.2) is 43.0 Å². The molecule has 0 amide bonds. The fourth-order valence-corrected chi connectivity index (χ4v) is 2.97. The normalized spacial score (nSPS) is 11.9. The first-order valence-corrected chi connectivity index (χ1v) is 9.27. The Hall–Kier alpha value is -3.26. The van der Waals surface area contributed by atoms with Crippen LogP contribution in [0, 0.1) is 0 Å². The van der Waals surface area contributed by atoms with Crippen LogP contribution in [0.1, 0.15) is 20.8 Å². The van der Waals surface area contributed by atoms with Gasteiger partial charge in [0.15, 0.2) is 0 Å². The van der Waals surface area contributed by atoms with Crippen LogP contribution in [0.5, 0.6) is 0 Å². The maximum atomic E-state index is 5.57. The molecular weight excluding hydrogens is 352 g/mol. The molecule has 0 spiro atoms. The number of pyridine rings is 1. The second-order valence-corrected chi connectivity index (χ2v) is 7.63. The van der Waals surface area contributed by atoms with E-state index < -0.39 is 0 Å². The van der Waals surface area contributed by atoms with E-state index in [1.165, 1.54) is 0 Å². The SMILES string of the molecule is CC(C)(C)n1cc(-c2ccnc(NCCN)n2)c(-c2cnc3[nH]ccc3c2)n1. The zero-order valence-electron chi connectivity index (χ0n) is 16.3. The van der Waals surface area contributed by atoms with Crippen LogP contribution in [0.25, 0.3) is 33.5 Å². The summed E-state index contributed by atoms with van der Waals surface area (Å²) in [7, 11) is 0. The molecule has 4 N–H and O–H groups in total. The molecule has 4 aromatic heterocycles. The number of rotatable bonds is 5. The first-order valence-electron chi connectivity index (χ1n) is 9.27. The van der Waals surface area contributed by atoms with Crippen molar-refractivity contribution in [3.8, 4) is 22.5 Å². The van der Waals surface area contributed by atoms with E-state index in [2.05, 4.69) is 52.1 Å². The van der Waals surface area contributed by atoms with Gasteiger partial charge >= 0.3 is 0 Å². The van der Waals surface area contributed by atoms with E-state index in [9.17, 15) is 0 Å². The standard InChI is InChI=1S/C20H24N8/c1-20(2,3)28-12-15(16-5-8-23-19(26-16)24-9-6-21)17(27-28)14-10-13-4-7-22-18(13)25-11-14/h4-5,7-8,10-12H,6,9,21H2,1-3H3,(H,22,25)(H,23,24,26). The number of anilines is 1. The number of nitrogens with one attached hydrogen (secondary N) is 2. The molecule has 144 valence electrons. The molecule has 0 saturated carbocycles. The van der Waals surface area contributed by atoms with Gasteiger partial charge in [0.1, 0.15) is 11.3 Å². The number of aromatic nitrogens is 6. The van der Waals surface area contributed by atoms with Crippen LogP contribution in [0.3, 0.4) is 0 Å². The lowest BCUT2D eigenvalue weighted by atomic mass is 10.1. The lowest BCUT2D eigenvalue weighted by Gasteiger charge is -2.18. The summed E-state index contributed by atoms with van der Waals surface area (Å²) in [4.78, 5) is 16.6. The van der Waals surface area contributed by atoms with Gasteiger partial charge in [0.05, 0.1) is 11.2 Å². The van der Waals surface area contributed by atoms with Gasteiger partial charge in [0.2, 0.25) is 5.95 Å². The Morgan fingerprint density at radius 2 is 2.07 bits per heavy atom. The number of nitrogens with zero attached hydrogens (tertiary/aromatic N) is 5. The fraction of sp³-hybridized carbons (Fsp3) is 0.300. The van der Waals surface area contributed by atoms with Crippen molar-refractivity contribution in [2.45, 2.75) is 26.3 Å². The lowest BCUT2D eigenvalue weighted by molar-refractivity contribution is 0.356. The number of H-pyrrole nitrogens is 1. The Morgan fingerprint density at radius 3 is 2.86 bits per heavy atom. The van der Waals surface area contributed by atoms with Crippen LogP contribution < -0.4 is 11.1 Å². The summed E-state index contributed by atoms with van der Waals surface area (Å²) < 4.78 is 1.97. The molecule has 0 aliphatic heterocycles. The molecule has 8 nitrogen and oxygen atoms in total. The molecule has 0 aliphatic rings. The van der Waals surface area contributed by atoms with Crippen molar-refractivity contribution < 1.29 is 0 Å². The molecule has 0 saturated heterocycles. The van der Waals surface area contributed by atoms with Gasteiger partial charge in [-0.25, -0.2) is 15.0 Å². The minimum absolute atomic E-state index is 0.160. The smallest absolute Gasteiger partial charge is 0.223 e. The monoisotopic (exact) mass is 376 g/mol. The minimum atomic E-state index is -0.160. The van der Waals surface area contributed by atoms with Crippen LogP contribution in [-0.4, -0.2) is 42.8 Å². The summed E-state index contributed by atoms with van der Waals surface area (Å²) in [6, 6.07) is 5.99. The van der Waals surface area contributed by atoms with Crippen molar-refractivity contribution in [2.75, 3.05) is 18.4 Å². The Bertz CT molecular complexity index is 1100. The Balaban J connectivity index is 1.85. The second kappa shape index (κ2) is 7.05. The second-order valence-electron chi connectivity index (χ2n) is 7.63. The molecule has 0 unspecified atom stereocenters. The first-order chi connectivity index (χ1) is 13.5. The predicted octanol–water partition coefficient (Wildman–Crippen LogP) is 3.01. The van der Waals surface area contributed by atoms with Gasteiger partial charge in [0, 0.05) is 54.4 Å². The minimum Gasteiger partial charge on any atom is -0.353 e. The Labute approximate surface area is 163 Å². The topological polar surface area (TPSA) is 110 Å². The summed E-state index contributed by atoms with van der Waals surface area (Å²) >= 11 is 0. The highest BCUT2D eigenvalue weighted by Crippen LogP contribution is 2.33. The van der Waals surface area contributed by atoms with Crippen molar-refractivity contribution in [3.63, 3.8) is 0 Å². The van der Waals surface area contributed by atoms with E-state index in [1.54, 1.807) is 6.20 Å². The number of aromatic amines is 1. The molecule has 8 heteroatoms. The summed E-state index contributed by atoms with van der Waals surface area (Å²) in [5.41, 5.74) is 9.79. The summed E-state index contributed by atoms with van der Waals surface area (Å²) in [6.45, 7) is 7.49. The first kappa shape index (κ1) is 18.1. The van der Waals surface area contributed by atoms with Gasteiger partial charge in [0.25, 0.3) is 0 Å². The molecule has 28 heavy (non-hydrogen) atoms. The van der Waals surface area contributed by atoms with E-state index in [0.29, 0.717) is 19.0 Å². The van der Waals surface area contributed by atoms with E-state index in [1.807, 2.05) is 35.4 Å². The molecular formula is C20H24N8. The number of hydrogen-bond donors (Lipinski definition) is 3. The summed E-state index contributed by atoms with van der Waals surface area (Å²) in [5, 5.41) is 9.05. The quantitative estimate of drug-likeness (QED) is 0.494. The van der Waals surface area contributed by atoms with Gasteiger partial charge in [-0.05, 0) is 39.0 Å². The highest BCUT2D eigenvalue weighted by atomic mass is 15.3. The van der Waals surface area contributed by atoms with Crippen LogP contribution in [0.4, 0.5) is 5.95 Å².